The lowest BCUT2D eigenvalue weighted by Gasteiger charge is -2.22. The topological polar surface area (TPSA) is 107 Å². The van der Waals surface area contributed by atoms with Crippen molar-refractivity contribution >= 4 is 34.7 Å². The molecule has 0 aliphatic heterocycles. The first-order valence-corrected chi connectivity index (χ1v) is 12.1. The summed E-state index contributed by atoms with van der Waals surface area (Å²) in [6.07, 6.45) is 5.31. The minimum Gasteiger partial charge on any atom is -0.448 e. The molecule has 0 aliphatic rings. The number of nitrogens with one attached hydrogen (secondary N) is 3. The molecule has 3 aromatic carbocycles. The number of benzene rings is 3. The van der Waals surface area contributed by atoms with Gasteiger partial charge in [0.25, 0.3) is 5.91 Å². The van der Waals surface area contributed by atoms with Gasteiger partial charge in [-0.1, -0.05) is 60.7 Å². The van der Waals surface area contributed by atoms with Gasteiger partial charge in [0.1, 0.15) is 6.61 Å². The molecule has 0 saturated heterocycles. The number of hydrogen-bond acceptors (Lipinski definition) is 5. The molecule has 8 nitrogen and oxygen atoms in total. The molecule has 0 saturated carbocycles. The van der Waals surface area contributed by atoms with E-state index in [9.17, 15) is 9.59 Å². The van der Waals surface area contributed by atoms with Gasteiger partial charge in [-0.3, -0.25) is 20.2 Å². The molecule has 190 valence electrons. The van der Waals surface area contributed by atoms with E-state index >= 15 is 0 Å². The van der Waals surface area contributed by atoms with E-state index in [0.29, 0.717) is 18.8 Å². The van der Waals surface area contributed by atoms with Crippen LogP contribution in [0.2, 0.25) is 0 Å². The van der Waals surface area contributed by atoms with Crippen LogP contribution in [0, 0.1) is 0 Å². The number of anilines is 1. The summed E-state index contributed by atoms with van der Waals surface area (Å²) in [5.41, 5.74) is 6.56. The molecule has 0 fully saturated rings. The van der Waals surface area contributed by atoms with Crippen molar-refractivity contribution in [2.45, 2.75) is 13.0 Å². The lowest BCUT2D eigenvalue weighted by molar-refractivity contribution is -0.124. The van der Waals surface area contributed by atoms with Crippen LogP contribution in [-0.4, -0.2) is 46.8 Å². The highest BCUT2D eigenvalue weighted by Gasteiger charge is 2.11. The Bertz CT molecular complexity index is 1330. The average Bonchev–Trinajstić information content (AvgIpc) is 3.34. The standard InChI is InChI=1S/C29H30N4O4/c34-28(32-36)15-14-22-10-12-23(13-11-22)21-33(17-16-24-20-30-27-9-5-4-8-26(24)27)18-19-37-29(35)31-25-6-2-1-3-7-25/h1-15,20,30,36H,16-19,21H2,(H,31,35)(H,32,34)/b15-14+. The Balaban J connectivity index is 1.37. The number of nitrogens with zero attached hydrogens (tertiary/aromatic N) is 1. The maximum absolute atomic E-state index is 12.2. The number of hydrogen-bond donors (Lipinski definition) is 4. The van der Waals surface area contributed by atoms with E-state index in [0.717, 1.165) is 29.6 Å². The summed E-state index contributed by atoms with van der Waals surface area (Å²) in [6, 6.07) is 25.3. The number of amides is 2. The van der Waals surface area contributed by atoms with E-state index in [1.54, 1.807) is 11.6 Å². The number of para-hydroxylation sites is 2. The van der Waals surface area contributed by atoms with E-state index in [4.69, 9.17) is 9.94 Å². The Morgan fingerprint density at radius 3 is 2.49 bits per heavy atom. The van der Waals surface area contributed by atoms with Gasteiger partial charge in [-0.15, -0.1) is 0 Å². The molecule has 0 aliphatic carbocycles. The molecule has 2 amide bonds. The summed E-state index contributed by atoms with van der Waals surface area (Å²) in [7, 11) is 0. The quantitative estimate of drug-likeness (QED) is 0.133. The summed E-state index contributed by atoms with van der Waals surface area (Å²) in [5, 5.41) is 12.6. The molecule has 0 radical (unpaired) electrons. The first-order chi connectivity index (χ1) is 18.1. The first-order valence-electron chi connectivity index (χ1n) is 12.1. The number of aromatic nitrogens is 1. The van der Waals surface area contributed by atoms with Gasteiger partial charge in [0.05, 0.1) is 0 Å². The molecule has 0 bridgehead atoms. The first kappa shape index (κ1) is 25.7. The normalized spacial score (nSPS) is 11.2. The van der Waals surface area contributed by atoms with Crippen molar-refractivity contribution in [3.8, 4) is 0 Å². The number of ether oxygens (including phenoxy) is 1. The number of rotatable bonds is 11. The maximum atomic E-state index is 12.2. The Morgan fingerprint density at radius 2 is 1.70 bits per heavy atom. The van der Waals surface area contributed by atoms with E-state index < -0.39 is 12.0 Å². The van der Waals surface area contributed by atoms with E-state index in [1.165, 1.54) is 17.0 Å². The van der Waals surface area contributed by atoms with Gasteiger partial charge in [-0.2, -0.15) is 0 Å². The van der Waals surface area contributed by atoms with Crippen LogP contribution in [0.4, 0.5) is 10.5 Å². The molecular formula is C29H30N4O4. The molecule has 0 atom stereocenters. The van der Waals surface area contributed by atoms with Gasteiger partial charge in [0, 0.05) is 48.5 Å². The smallest absolute Gasteiger partial charge is 0.411 e. The highest BCUT2D eigenvalue weighted by Crippen LogP contribution is 2.19. The van der Waals surface area contributed by atoms with E-state index in [2.05, 4.69) is 33.5 Å². The fraction of sp³-hybridized carbons (Fsp3) is 0.172. The van der Waals surface area contributed by atoms with Crippen LogP contribution < -0.4 is 10.8 Å². The lowest BCUT2D eigenvalue weighted by atomic mass is 10.1. The summed E-state index contributed by atoms with van der Waals surface area (Å²) < 4.78 is 5.44. The molecule has 1 aromatic heterocycles. The lowest BCUT2D eigenvalue weighted by Crippen LogP contribution is -2.30. The molecule has 0 spiro atoms. The fourth-order valence-electron chi connectivity index (χ4n) is 4.03. The Morgan fingerprint density at radius 1 is 0.946 bits per heavy atom. The van der Waals surface area contributed by atoms with Gasteiger partial charge >= 0.3 is 6.09 Å². The van der Waals surface area contributed by atoms with Crippen molar-refractivity contribution in [2.24, 2.45) is 0 Å². The summed E-state index contributed by atoms with van der Waals surface area (Å²) >= 11 is 0. The number of aromatic amines is 1. The van der Waals surface area contributed by atoms with Crippen LogP contribution in [0.3, 0.4) is 0 Å². The Hall–Kier alpha value is -4.40. The van der Waals surface area contributed by atoms with Crippen LogP contribution in [0.15, 0.2) is 91.1 Å². The van der Waals surface area contributed by atoms with Gasteiger partial charge in [0.2, 0.25) is 0 Å². The van der Waals surface area contributed by atoms with Crippen molar-refractivity contribution < 1.29 is 19.5 Å². The van der Waals surface area contributed by atoms with Gasteiger partial charge in [-0.05, 0) is 47.4 Å². The van der Waals surface area contributed by atoms with Crippen molar-refractivity contribution in [2.75, 3.05) is 25.0 Å². The molecule has 1 heterocycles. The van der Waals surface area contributed by atoms with Crippen LogP contribution in [-0.2, 0) is 22.5 Å². The molecule has 8 heteroatoms. The third kappa shape index (κ3) is 7.79. The molecule has 4 rings (SSSR count). The maximum Gasteiger partial charge on any atom is 0.411 e. The zero-order valence-electron chi connectivity index (χ0n) is 20.4. The minimum atomic E-state index is -0.580. The number of H-pyrrole nitrogens is 1. The molecule has 4 aromatic rings. The van der Waals surface area contributed by atoms with Crippen LogP contribution in [0.5, 0.6) is 0 Å². The van der Waals surface area contributed by atoms with Gasteiger partial charge < -0.3 is 9.72 Å². The van der Waals surface area contributed by atoms with Crippen molar-refractivity contribution in [3.05, 3.63) is 108 Å². The summed E-state index contributed by atoms with van der Waals surface area (Å²) in [6.45, 7) is 2.28. The highest BCUT2D eigenvalue weighted by molar-refractivity contribution is 5.90. The molecule has 0 unspecified atom stereocenters. The second-order valence-electron chi connectivity index (χ2n) is 8.56. The number of hydroxylamine groups is 1. The molecule has 4 N–H and O–H groups in total. The summed E-state index contributed by atoms with van der Waals surface area (Å²) in [5.74, 6) is -0.580. The second-order valence-corrected chi connectivity index (χ2v) is 8.56. The van der Waals surface area contributed by atoms with Crippen molar-refractivity contribution in [1.82, 2.24) is 15.4 Å². The number of carbonyl (C=O) groups is 2. The zero-order chi connectivity index (χ0) is 25.9. The fourth-order valence-corrected chi connectivity index (χ4v) is 4.03. The highest BCUT2D eigenvalue weighted by atomic mass is 16.5. The van der Waals surface area contributed by atoms with Crippen molar-refractivity contribution in [1.29, 1.82) is 0 Å². The monoisotopic (exact) mass is 498 g/mol. The minimum absolute atomic E-state index is 0.254. The third-order valence-electron chi connectivity index (χ3n) is 5.96. The SMILES string of the molecule is O=C(/C=C/c1ccc(CN(CCOC(=O)Nc2ccccc2)CCc2c[nH]c3ccccc23)cc1)NO. The van der Waals surface area contributed by atoms with Crippen LogP contribution in [0.1, 0.15) is 16.7 Å². The summed E-state index contributed by atoms with van der Waals surface area (Å²) in [4.78, 5) is 29.0. The Labute approximate surface area is 215 Å². The van der Waals surface area contributed by atoms with Crippen molar-refractivity contribution in [3.63, 3.8) is 0 Å². The largest absolute Gasteiger partial charge is 0.448 e. The number of carbonyl (C=O) groups excluding carboxylic acids is 2. The average molecular weight is 499 g/mol. The Kier molecular flexibility index (Phi) is 9.07. The molecular weight excluding hydrogens is 468 g/mol. The van der Waals surface area contributed by atoms with E-state index in [1.807, 2.05) is 66.7 Å². The van der Waals surface area contributed by atoms with Crippen LogP contribution >= 0.6 is 0 Å². The van der Waals surface area contributed by atoms with Crippen LogP contribution in [0.25, 0.3) is 17.0 Å². The molecule has 37 heavy (non-hydrogen) atoms. The number of fused-ring (bicyclic) bond motifs is 1. The predicted octanol–water partition coefficient (Wildman–Crippen LogP) is 4.98. The van der Waals surface area contributed by atoms with E-state index in [-0.39, 0.29) is 6.61 Å². The van der Waals surface area contributed by atoms with Gasteiger partial charge in [0.15, 0.2) is 0 Å². The van der Waals surface area contributed by atoms with Gasteiger partial charge in [-0.25, -0.2) is 10.3 Å². The second kappa shape index (κ2) is 13.1. The third-order valence-corrected chi connectivity index (χ3v) is 5.96. The zero-order valence-corrected chi connectivity index (χ0v) is 20.4. The predicted molar refractivity (Wildman–Crippen MR) is 144 cm³/mol.